The average Bonchev–Trinajstić information content (AvgIpc) is 3.21. The number of methoxy groups -OCH3 is 1. The molecule has 0 spiro atoms. The van der Waals surface area contributed by atoms with Crippen LogP contribution in [0, 0.1) is 0 Å². The maximum atomic E-state index is 13.8. The van der Waals surface area contributed by atoms with E-state index in [4.69, 9.17) is 25.5 Å². The highest BCUT2D eigenvalue weighted by Crippen LogP contribution is 2.38. The van der Waals surface area contributed by atoms with Gasteiger partial charge in [0.05, 0.1) is 32.3 Å². The van der Waals surface area contributed by atoms with Gasteiger partial charge in [0.15, 0.2) is 11.3 Å². The van der Waals surface area contributed by atoms with Crippen LogP contribution >= 0.6 is 11.6 Å². The lowest BCUT2D eigenvalue weighted by Gasteiger charge is -2.42. The fourth-order valence-corrected chi connectivity index (χ4v) is 4.07. The van der Waals surface area contributed by atoms with Crippen molar-refractivity contribution in [1.29, 1.82) is 0 Å². The highest BCUT2D eigenvalue weighted by atomic mass is 35.5. The lowest BCUT2D eigenvalue weighted by Crippen LogP contribution is -2.52. The van der Waals surface area contributed by atoms with Crippen LogP contribution in [0.15, 0.2) is 40.8 Å². The van der Waals surface area contributed by atoms with Gasteiger partial charge >= 0.3 is 0 Å². The molecule has 1 saturated heterocycles. The van der Waals surface area contributed by atoms with E-state index >= 15 is 0 Å². The molecule has 2 aromatic carbocycles. The van der Waals surface area contributed by atoms with Crippen molar-refractivity contribution in [3.63, 3.8) is 0 Å². The van der Waals surface area contributed by atoms with Crippen LogP contribution in [0.25, 0.3) is 11.1 Å². The van der Waals surface area contributed by atoms with E-state index in [9.17, 15) is 9.18 Å². The number of nitrogens with one attached hydrogen (secondary N) is 1. The van der Waals surface area contributed by atoms with Crippen molar-refractivity contribution in [2.24, 2.45) is 0 Å². The summed E-state index contributed by atoms with van der Waals surface area (Å²) in [6.07, 6.45) is 0.840. The Hall–Kier alpha value is -2.84. The van der Waals surface area contributed by atoms with Gasteiger partial charge in [0, 0.05) is 5.02 Å². The Bertz CT molecular complexity index is 1120. The van der Waals surface area contributed by atoms with E-state index in [2.05, 4.69) is 10.3 Å². The zero-order valence-electron chi connectivity index (χ0n) is 18.1. The molecule has 4 rings (SSSR count). The topological polar surface area (TPSA) is 76.8 Å². The highest BCUT2D eigenvalue weighted by molar-refractivity contribution is 6.30. The summed E-state index contributed by atoms with van der Waals surface area (Å²) in [5.74, 6) is 0.471. The van der Waals surface area contributed by atoms with Crippen molar-refractivity contribution in [3.8, 4) is 5.75 Å². The van der Waals surface area contributed by atoms with E-state index < -0.39 is 18.3 Å². The van der Waals surface area contributed by atoms with E-state index in [1.54, 1.807) is 29.2 Å². The smallest absolute Gasteiger partial charge is 0.296 e. The molecule has 2 heterocycles. The second kappa shape index (κ2) is 8.96. The number of rotatable bonds is 7. The van der Waals surface area contributed by atoms with Crippen LogP contribution in [-0.4, -0.2) is 49.3 Å². The zero-order valence-corrected chi connectivity index (χ0v) is 18.9. The standard InChI is InChI=1S/C23H25ClFN3O4/c1-14-11-31-23(2,12-28(14)13-29)16-8-18-21(20(9-16)30-3)32-22(26-18)27-19(10-25)15-5-4-6-17(24)7-15/h4-9,13-14,19H,10-12H2,1-3H3,(H,26,27)/t14-,19?,23?/m1/s1. The quantitative estimate of drug-likeness (QED) is 0.514. The second-order valence-corrected chi connectivity index (χ2v) is 8.56. The van der Waals surface area contributed by atoms with Gasteiger partial charge in [-0.15, -0.1) is 0 Å². The molecule has 1 aliphatic heterocycles. The van der Waals surface area contributed by atoms with Gasteiger partial charge in [-0.1, -0.05) is 23.7 Å². The molecule has 0 bridgehead atoms. The minimum absolute atomic E-state index is 0.00169. The second-order valence-electron chi connectivity index (χ2n) is 8.12. The van der Waals surface area contributed by atoms with Gasteiger partial charge in [-0.25, -0.2) is 4.39 Å². The first-order valence-electron chi connectivity index (χ1n) is 10.3. The van der Waals surface area contributed by atoms with Crippen molar-refractivity contribution in [1.82, 2.24) is 9.88 Å². The molecule has 1 amide bonds. The predicted octanol–water partition coefficient (Wildman–Crippen LogP) is 4.70. The lowest BCUT2D eigenvalue weighted by atomic mass is 9.92. The number of benzene rings is 2. The molecule has 2 unspecified atom stereocenters. The summed E-state index contributed by atoms with van der Waals surface area (Å²) in [7, 11) is 1.54. The first-order chi connectivity index (χ1) is 15.4. The largest absolute Gasteiger partial charge is 0.493 e. The number of nitrogens with zero attached hydrogens (tertiary/aromatic N) is 2. The molecular weight excluding hydrogens is 437 g/mol. The number of hydrogen-bond donors (Lipinski definition) is 1. The number of amides is 1. The van der Waals surface area contributed by atoms with Gasteiger partial charge in [0.25, 0.3) is 6.01 Å². The number of anilines is 1. The number of carbonyl (C=O) groups is 1. The van der Waals surface area contributed by atoms with Crippen LogP contribution in [-0.2, 0) is 15.1 Å². The number of alkyl halides is 1. The number of ether oxygens (including phenoxy) is 2. The van der Waals surface area contributed by atoms with Gasteiger partial charge in [-0.3, -0.25) is 4.79 Å². The molecule has 0 aliphatic carbocycles. The minimum atomic E-state index is -0.732. The van der Waals surface area contributed by atoms with Gasteiger partial charge in [-0.2, -0.15) is 4.98 Å². The highest BCUT2D eigenvalue weighted by Gasteiger charge is 2.37. The van der Waals surface area contributed by atoms with Crippen LogP contribution in [0.1, 0.15) is 31.0 Å². The molecule has 0 radical (unpaired) electrons. The maximum Gasteiger partial charge on any atom is 0.296 e. The van der Waals surface area contributed by atoms with Gasteiger partial charge in [0.1, 0.15) is 17.8 Å². The molecule has 0 saturated carbocycles. The third kappa shape index (κ3) is 4.25. The lowest BCUT2D eigenvalue weighted by molar-refractivity contribution is -0.147. The molecule has 1 aromatic heterocycles. The van der Waals surface area contributed by atoms with Crippen molar-refractivity contribution >= 4 is 35.1 Å². The Balaban J connectivity index is 1.67. The molecule has 7 nitrogen and oxygen atoms in total. The number of halogens is 2. The third-order valence-electron chi connectivity index (χ3n) is 5.82. The third-order valence-corrected chi connectivity index (χ3v) is 6.05. The zero-order chi connectivity index (χ0) is 22.9. The van der Waals surface area contributed by atoms with Gasteiger partial charge in [0.2, 0.25) is 6.41 Å². The average molecular weight is 462 g/mol. The molecule has 32 heavy (non-hydrogen) atoms. The van der Waals surface area contributed by atoms with E-state index in [1.807, 2.05) is 26.0 Å². The van der Waals surface area contributed by atoms with Crippen LogP contribution in [0.4, 0.5) is 10.4 Å². The maximum absolute atomic E-state index is 13.8. The summed E-state index contributed by atoms with van der Waals surface area (Å²) < 4.78 is 31.3. The number of oxazole rings is 1. The fourth-order valence-electron chi connectivity index (χ4n) is 3.87. The van der Waals surface area contributed by atoms with Crippen LogP contribution < -0.4 is 10.1 Å². The number of carbonyl (C=O) groups excluding carboxylic acids is 1. The number of hydrogen-bond acceptors (Lipinski definition) is 6. The van der Waals surface area contributed by atoms with Crippen LogP contribution in [0.2, 0.25) is 5.02 Å². The Kier molecular flexibility index (Phi) is 6.26. The summed E-state index contributed by atoms with van der Waals surface area (Å²) in [6.45, 7) is 4.00. The number of aromatic nitrogens is 1. The first-order valence-corrected chi connectivity index (χ1v) is 10.7. The van der Waals surface area contributed by atoms with E-state index in [1.165, 1.54) is 7.11 Å². The minimum Gasteiger partial charge on any atom is -0.493 e. The molecule has 170 valence electrons. The molecule has 3 aromatic rings. The molecule has 3 atom stereocenters. The van der Waals surface area contributed by atoms with E-state index in [0.29, 0.717) is 40.6 Å². The monoisotopic (exact) mass is 461 g/mol. The van der Waals surface area contributed by atoms with E-state index in [-0.39, 0.29) is 12.1 Å². The molecular formula is C23H25ClFN3O4. The summed E-state index contributed by atoms with van der Waals surface area (Å²) in [5.41, 5.74) is 1.72. The van der Waals surface area contributed by atoms with Crippen LogP contribution in [0.3, 0.4) is 0 Å². The number of morpholine rings is 1. The van der Waals surface area contributed by atoms with Crippen LogP contribution in [0.5, 0.6) is 5.75 Å². The Morgan fingerprint density at radius 3 is 2.94 bits per heavy atom. The molecule has 1 fully saturated rings. The molecule has 1 N–H and O–H groups in total. The summed E-state index contributed by atoms with van der Waals surface area (Å²) in [4.78, 5) is 17.7. The predicted molar refractivity (Wildman–Crippen MR) is 120 cm³/mol. The Morgan fingerprint density at radius 1 is 1.44 bits per heavy atom. The van der Waals surface area contributed by atoms with Crippen molar-refractivity contribution in [2.75, 3.05) is 32.3 Å². The molecule has 1 aliphatic rings. The summed E-state index contributed by atoms with van der Waals surface area (Å²) >= 11 is 6.04. The summed E-state index contributed by atoms with van der Waals surface area (Å²) in [5, 5.41) is 3.51. The Labute approximate surface area is 190 Å². The fraction of sp³-hybridized carbons (Fsp3) is 0.391. The van der Waals surface area contributed by atoms with E-state index in [0.717, 1.165) is 12.0 Å². The first kappa shape index (κ1) is 22.4. The molecule has 9 heteroatoms. The summed E-state index contributed by atoms with van der Waals surface area (Å²) in [6, 6.07) is 10.1. The van der Waals surface area contributed by atoms with Gasteiger partial charge < -0.3 is 24.1 Å². The number of fused-ring (bicyclic) bond motifs is 1. The van der Waals surface area contributed by atoms with Crippen molar-refractivity contribution in [3.05, 3.63) is 52.5 Å². The Morgan fingerprint density at radius 2 is 2.25 bits per heavy atom. The normalized spacial score (nSPS) is 22.0. The SMILES string of the molecule is COc1cc(C2(C)CN(C=O)[C@H](C)CO2)cc2nc(NC(CF)c3cccc(Cl)c3)oc12. The van der Waals surface area contributed by atoms with Gasteiger partial charge in [-0.05, 0) is 49.2 Å². The van der Waals surface area contributed by atoms with Crippen molar-refractivity contribution < 1.29 is 23.1 Å². The van der Waals surface area contributed by atoms with Crippen molar-refractivity contribution in [2.45, 2.75) is 31.5 Å².